The fraction of sp³-hybridized carbons (Fsp3) is 0.667. The molecule has 0 aromatic heterocycles. The number of aliphatic carboxylic acids is 1. The second kappa shape index (κ2) is 6.64. The van der Waals surface area contributed by atoms with Gasteiger partial charge in [0.05, 0.1) is 0 Å². The first-order valence-corrected chi connectivity index (χ1v) is 4.45. The highest BCUT2D eigenvalue weighted by Gasteiger charge is 2.16. The molecule has 0 rings (SSSR count). The number of alkyl halides is 2. The summed E-state index contributed by atoms with van der Waals surface area (Å²) in [5.74, 6) is -3.73. The number of hydrogen-bond donors (Lipinski definition) is 2. The van der Waals surface area contributed by atoms with Gasteiger partial charge in [-0.3, -0.25) is 4.79 Å². The van der Waals surface area contributed by atoms with Gasteiger partial charge in [-0.15, -0.1) is 0 Å². The van der Waals surface area contributed by atoms with Crippen LogP contribution in [0.2, 0.25) is 0 Å². The molecule has 1 unspecified atom stereocenters. The number of rotatable bonds is 7. The molecule has 2 N–H and O–H groups in total. The lowest BCUT2D eigenvalue weighted by atomic mass is 10.2. The predicted molar refractivity (Wildman–Crippen MR) is 43.7 cm³/mol. The molecule has 0 fully saturated rings. The van der Waals surface area contributed by atoms with E-state index in [0.29, 0.717) is 11.8 Å². The fourth-order valence-corrected chi connectivity index (χ4v) is 1.19. The number of hydrogen-bond acceptors (Lipinski definition) is 3. The van der Waals surface area contributed by atoms with Gasteiger partial charge in [-0.1, -0.05) is 11.8 Å². The van der Waals surface area contributed by atoms with E-state index in [0.717, 1.165) is 0 Å². The Morgan fingerprint density at radius 3 is 2.62 bits per heavy atom. The number of nitrogens with one attached hydrogen (secondary N) is 1. The average molecular weight is 213 g/mol. The van der Waals surface area contributed by atoms with Crippen molar-refractivity contribution < 1.29 is 23.5 Å². The Balaban J connectivity index is 3.69. The van der Waals surface area contributed by atoms with E-state index in [1.165, 1.54) is 0 Å². The van der Waals surface area contributed by atoms with Gasteiger partial charge in [0.2, 0.25) is 6.41 Å². The minimum atomic E-state index is -2.51. The van der Waals surface area contributed by atoms with Gasteiger partial charge in [0.1, 0.15) is 6.04 Å². The van der Waals surface area contributed by atoms with E-state index in [-0.39, 0.29) is 18.6 Å². The van der Waals surface area contributed by atoms with Crippen LogP contribution in [0.3, 0.4) is 0 Å². The average Bonchev–Trinajstić information content (AvgIpc) is 2.02. The molecule has 0 spiro atoms. The first-order chi connectivity index (χ1) is 6.07. The molecule has 0 aliphatic heterocycles. The van der Waals surface area contributed by atoms with Crippen LogP contribution < -0.4 is 5.32 Å². The van der Waals surface area contributed by atoms with Crippen molar-refractivity contribution >= 4 is 24.1 Å². The van der Waals surface area contributed by atoms with Gasteiger partial charge in [0.15, 0.2) is 0 Å². The van der Waals surface area contributed by atoms with Gasteiger partial charge in [-0.2, -0.15) is 8.78 Å². The Morgan fingerprint density at radius 2 is 2.23 bits per heavy atom. The third kappa shape index (κ3) is 6.32. The molecule has 0 radical (unpaired) electrons. The molecule has 0 aromatic carbocycles. The second-order valence-corrected chi connectivity index (χ2v) is 3.19. The highest BCUT2D eigenvalue weighted by Crippen LogP contribution is 2.14. The summed E-state index contributed by atoms with van der Waals surface area (Å²) in [6.07, 6.45) is 0.231. The van der Waals surface area contributed by atoms with Crippen molar-refractivity contribution in [1.82, 2.24) is 5.32 Å². The number of carboxylic acid groups (broad SMARTS) is 1. The fourth-order valence-electron chi connectivity index (χ4n) is 0.635. The molecule has 1 atom stereocenters. The number of thioether (sulfide) groups is 1. The van der Waals surface area contributed by atoms with Gasteiger partial charge >= 0.3 is 5.97 Å². The molecule has 1 amide bonds. The molecule has 0 saturated carbocycles. The smallest absolute Gasteiger partial charge is 0.326 e. The van der Waals surface area contributed by atoms with E-state index in [9.17, 15) is 18.4 Å². The van der Waals surface area contributed by atoms with Gasteiger partial charge in [0, 0.05) is 5.75 Å². The van der Waals surface area contributed by atoms with E-state index < -0.39 is 17.8 Å². The number of halogens is 2. The van der Waals surface area contributed by atoms with Gasteiger partial charge in [-0.25, -0.2) is 4.79 Å². The van der Waals surface area contributed by atoms with E-state index in [2.05, 4.69) is 0 Å². The quantitative estimate of drug-likeness (QED) is 0.605. The topological polar surface area (TPSA) is 66.4 Å². The first kappa shape index (κ1) is 12.2. The van der Waals surface area contributed by atoms with Crippen LogP contribution in [0.1, 0.15) is 6.42 Å². The van der Waals surface area contributed by atoms with Crippen molar-refractivity contribution in [2.75, 3.05) is 5.75 Å². The maximum absolute atomic E-state index is 11.6. The summed E-state index contributed by atoms with van der Waals surface area (Å²) in [6, 6.07) is -1.08. The third-order valence-corrected chi connectivity index (χ3v) is 1.94. The predicted octanol–water partition coefficient (Wildman–Crippen LogP) is 0.531. The molecule has 0 saturated heterocycles. The van der Waals surface area contributed by atoms with Crippen LogP contribution in [0.15, 0.2) is 0 Å². The molecule has 7 heteroatoms. The largest absolute Gasteiger partial charge is 0.480 e. The molecule has 0 aliphatic carbocycles. The Hall–Kier alpha value is -0.850. The lowest BCUT2D eigenvalue weighted by molar-refractivity contribution is -0.140. The monoisotopic (exact) mass is 213 g/mol. The summed E-state index contributed by atoms with van der Waals surface area (Å²) >= 11 is 0.350. The summed E-state index contributed by atoms with van der Waals surface area (Å²) in [5.41, 5.74) is 0. The Labute approximate surface area is 77.7 Å². The third-order valence-electron chi connectivity index (χ3n) is 1.22. The van der Waals surface area contributed by atoms with Crippen LogP contribution in [0, 0.1) is 0 Å². The highest BCUT2D eigenvalue weighted by atomic mass is 32.2. The van der Waals surface area contributed by atoms with Crippen molar-refractivity contribution in [2.45, 2.75) is 18.2 Å². The van der Waals surface area contributed by atoms with Gasteiger partial charge in [0.25, 0.3) is 5.76 Å². The lowest BCUT2D eigenvalue weighted by Gasteiger charge is -2.09. The minimum absolute atomic E-state index is 0.00449. The summed E-state index contributed by atoms with van der Waals surface area (Å²) in [5, 5.41) is 10.5. The van der Waals surface area contributed by atoms with Crippen molar-refractivity contribution in [3.05, 3.63) is 0 Å². The van der Waals surface area contributed by atoms with E-state index in [1.807, 2.05) is 5.32 Å². The number of carbonyl (C=O) groups excluding carboxylic acids is 1. The SMILES string of the molecule is O=CNC(CCSC(F)F)C(=O)O. The number of carbonyl (C=O) groups is 2. The Bertz CT molecular complexity index is 179. The molecule has 0 aromatic rings. The van der Waals surface area contributed by atoms with Crippen LogP contribution >= 0.6 is 11.8 Å². The number of carboxylic acids is 1. The lowest BCUT2D eigenvalue weighted by Crippen LogP contribution is -2.36. The van der Waals surface area contributed by atoms with E-state index >= 15 is 0 Å². The summed E-state index contributed by atoms with van der Waals surface area (Å²) < 4.78 is 23.2. The normalized spacial score (nSPS) is 12.5. The molecule has 0 aliphatic rings. The van der Waals surface area contributed by atoms with Crippen LogP contribution in [0.5, 0.6) is 0 Å². The highest BCUT2D eigenvalue weighted by molar-refractivity contribution is 7.99. The molecule has 0 bridgehead atoms. The summed E-state index contributed by atoms with van der Waals surface area (Å²) in [6.45, 7) is 0. The first-order valence-electron chi connectivity index (χ1n) is 3.40. The minimum Gasteiger partial charge on any atom is -0.480 e. The maximum Gasteiger partial charge on any atom is 0.326 e. The van der Waals surface area contributed by atoms with Crippen molar-refractivity contribution in [2.24, 2.45) is 0 Å². The molecule has 13 heavy (non-hydrogen) atoms. The van der Waals surface area contributed by atoms with Crippen molar-refractivity contribution in [3.8, 4) is 0 Å². The van der Waals surface area contributed by atoms with Gasteiger partial charge in [-0.05, 0) is 6.42 Å². The van der Waals surface area contributed by atoms with E-state index in [4.69, 9.17) is 5.11 Å². The van der Waals surface area contributed by atoms with E-state index in [1.54, 1.807) is 0 Å². The van der Waals surface area contributed by atoms with Crippen molar-refractivity contribution in [1.29, 1.82) is 0 Å². The van der Waals surface area contributed by atoms with Crippen LogP contribution in [-0.4, -0.2) is 35.0 Å². The summed E-state index contributed by atoms with van der Waals surface area (Å²) in [4.78, 5) is 20.2. The zero-order valence-electron chi connectivity index (χ0n) is 6.57. The molecule has 4 nitrogen and oxygen atoms in total. The summed E-state index contributed by atoms with van der Waals surface area (Å²) in [7, 11) is 0. The van der Waals surface area contributed by atoms with Crippen LogP contribution in [0.4, 0.5) is 8.78 Å². The van der Waals surface area contributed by atoms with Crippen LogP contribution in [-0.2, 0) is 9.59 Å². The van der Waals surface area contributed by atoms with Crippen molar-refractivity contribution in [3.63, 3.8) is 0 Å². The maximum atomic E-state index is 11.6. The number of amides is 1. The zero-order valence-corrected chi connectivity index (χ0v) is 7.39. The molecular weight excluding hydrogens is 204 g/mol. The Morgan fingerprint density at radius 1 is 1.62 bits per heavy atom. The molecular formula is C6H9F2NO3S. The van der Waals surface area contributed by atoms with Crippen LogP contribution in [0.25, 0.3) is 0 Å². The standard InChI is InChI=1S/C6H9F2NO3S/c7-6(8)13-2-1-4(5(11)12)9-3-10/h3-4,6H,1-2H2,(H,9,10)(H,11,12). The molecule has 0 heterocycles. The Kier molecular flexibility index (Phi) is 6.21. The van der Waals surface area contributed by atoms with Gasteiger partial charge < -0.3 is 10.4 Å². The molecule has 76 valence electrons. The zero-order chi connectivity index (χ0) is 10.3. The second-order valence-electron chi connectivity index (χ2n) is 2.10.